The zero-order valence-electron chi connectivity index (χ0n) is 11.0. The molecule has 0 fully saturated rings. The molecule has 2 N–H and O–H groups in total. The summed E-state index contributed by atoms with van der Waals surface area (Å²) < 4.78 is 0. The van der Waals surface area contributed by atoms with Crippen molar-refractivity contribution in [2.24, 2.45) is 16.1 Å². The highest BCUT2D eigenvalue weighted by atomic mass is 15.2. The van der Waals surface area contributed by atoms with Crippen LogP contribution in [0.3, 0.4) is 0 Å². The first-order valence-corrected chi connectivity index (χ1v) is 5.95. The third-order valence-corrected chi connectivity index (χ3v) is 2.45. The van der Waals surface area contributed by atoms with E-state index in [9.17, 15) is 0 Å². The summed E-state index contributed by atoms with van der Waals surface area (Å²) in [5, 5.41) is 0. The normalized spacial score (nSPS) is 13.0. The maximum Gasteiger partial charge on any atom is 0.191 e. The van der Waals surface area contributed by atoms with E-state index in [4.69, 9.17) is 5.73 Å². The second-order valence-electron chi connectivity index (χ2n) is 5.08. The molecule has 0 aromatic carbocycles. The molecule has 0 bridgehead atoms. The van der Waals surface area contributed by atoms with E-state index in [1.807, 2.05) is 0 Å². The van der Waals surface area contributed by atoms with Gasteiger partial charge in [-0.2, -0.15) is 0 Å². The molecule has 0 saturated heterocycles. The Morgan fingerprint density at radius 3 is 2.13 bits per heavy atom. The molecule has 0 atom stereocenters. The second kappa shape index (κ2) is 6.70. The molecule has 15 heavy (non-hydrogen) atoms. The van der Waals surface area contributed by atoms with E-state index >= 15 is 0 Å². The highest BCUT2D eigenvalue weighted by Crippen LogP contribution is 2.20. The first kappa shape index (κ1) is 14.3. The average molecular weight is 213 g/mol. The maximum absolute atomic E-state index is 5.86. The van der Waals surface area contributed by atoms with Gasteiger partial charge in [0.15, 0.2) is 5.96 Å². The van der Waals surface area contributed by atoms with Gasteiger partial charge in [0.2, 0.25) is 0 Å². The summed E-state index contributed by atoms with van der Waals surface area (Å²) in [5.41, 5.74) is 6.27. The van der Waals surface area contributed by atoms with Crippen LogP contribution in [0.2, 0.25) is 0 Å². The van der Waals surface area contributed by atoms with Crippen LogP contribution in [0.25, 0.3) is 0 Å². The lowest BCUT2D eigenvalue weighted by Gasteiger charge is -2.20. The zero-order chi connectivity index (χ0) is 11.9. The van der Waals surface area contributed by atoms with E-state index in [-0.39, 0.29) is 0 Å². The minimum Gasteiger partial charge on any atom is -0.370 e. The lowest BCUT2D eigenvalue weighted by molar-refractivity contribution is 0.367. The van der Waals surface area contributed by atoms with Crippen LogP contribution in [0.15, 0.2) is 4.99 Å². The molecule has 0 unspecified atom stereocenters. The van der Waals surface area contributed by atoms with Crippen molar-refractivity contribution < 1.29 is 0 Å². The third kappa shape index (κ3) is 7.23. The van der Waals surface area contributed by atoms with E-state index < -0.39 is 0 Å². The molecule has 0 spiro atoms. The summed E-state index contributed by atoms with van der Waals surface area (Å²) in [6.45, 7) is 13.7. The van der Waals surface area contributed by atoms with Gasteiger partial charge in [-0.15, -0.1) is 0 Å². The fourth-order valence-electron chi connectivity index (χ4n) is 1.45. The lowest BCUT2D eigenvalue weighted by atomic mass is 9.91. The first-order valence-electron chi connectivity index (χ1n) is 5.95. The maximum atomic E-state index is 5.86. The minimum atomic E-state index is 0.402. The number of rotatable bonds is 5. The van der Waals surface area contributed by atoms with Gasteiger partial charge in [0.1, 0.15) is 0 Å². The summed E-state index contributed by atoms with van der Waals surface area (Å²) in [7, 11) is 0. The fourth-order valence-corrected chi connectivity index (χ4v) is 1.45. The highest BCUT2D eigenvalue weighted by Gasteiger charge is 2.09. The summed E-state index contributed by atoms with van der Waals surface area (Å²) in [4.78, 5) is 6.47. The SMILES string of the molecule is CCN(CC)C(N)=NCCCC(C)(C)C. The van der Waals surface area contributed by atoms with Crippen LogP contribution in [0, 0.1) is 5.41 Å². The molecule has 0 aliphatic heterocycles. The van der Waals surface area contributed by atoms with Crippen molar-refractivity contribution in [1.29, 1.82) is 0 Å². The molecule has 0 aliphatic carbocycles. The summed E-state index contributed by atoms with van der Waals surface area (Å²) in [6.07, 6.45) is 2.31. The van der Waals surface area contributed by atoms with Crippen molar-refractivity contribution in [2.75, 3.05) is 19.6 Å². The highest BCUT2D eigenvalue weighted by molar-refractivity contribution is 5.77. The van der Waals surface area contributed by atoms with E-state index in [1.165, 1.54) is 6.42 Å². The van der Waals surface area contributed by atoms with Crippen LogP contribution in [-0.4, -0.2) is 30.5 Å². The average Bonchev–Trinajstić information content (AvgIpc) is 2.13. The molecule has 0 rings (SSSR count). The number of nitrogens with two attached hydrogens (primary N) is 1. The molecule has 90 valence electrons. The van der Waals surface area contributed by atoms with Crippen LogP contribution in [0.1, 0.15) is 47.5 Å². The van der Waals surface area contributed by atoms with Crippen LogP contribution in [0.4, 0.5) is 0 Å². The van der Waals surface area contributed by atoms with Gasteiger partial charge in [-0.1, -0.05) is 20.8 Å². The molecule has 0 radical (unpaired) electrons. The van der Waals surface area contributed by atoms with E-state index in [0.29, 0.717) is 11.4 Å². The summed E-state index contributed by atoms with van der Waals surface area (Å²) >= 11 is 0. The monoisotopic (exact) mass is 213 g/mol. The number of hydrogen-bond acceptors (Lipinski definition) is 1. The Morgan fingerprint density at radius 1 is 1.20 bits per heavy atom. The topological polar surface area (TPSA) is 41.6 Å². The quantitative estimate of drug-likeness (QED) is 0.433. The number of aliphatic imine (C=N–C) groups is 1. The molecule has 0 aliphatic rings. The molecule has 3 heteroatoms. The molecule has 0 amide bonds. The summed E-state index contributed by atoms with van der Waals surface area (Å²) in [5.74, 6) is 0.689. The third-order valence-electron chi connectivity index (χ3n) is 2.45. The number of hydrogen-bond donors (Lipinski definition) is 1. The molecule has 0 aromatic rings. The van der Waals surface area contributed by atoms with Gasteiger partial charge in [-0.25, -0.2) is 0 Å². The predicted octanol–water partition coefficient (Wildman–Crippen LogP) is 2.47. The largest absolute Gasteiger partial charge is 0.370 e. The Labute approximate surface area is 94.7 Å². The fraction of sp³-hybridized carbons (Fsp3) is 0.917. The van der Waals surface area contributed by atoms with Crippen molar-refractivity contribution in [2.45, 2.75) is 47.5 Å². The second-order valence-corrected chi connectivity index (χ2v) is 5.08. The Morgan fingerprint density at radius 2 is 1.73 bits per heavy atom. The predicted molar refractivity (Wildman–Crippen MR) is 68.1 cm³/mol. The van der Waals surface area contributed by atoms with Gasteiger partial charge >= 0.3 is 0 Å². The lowest BCUT2D eigenvalue weighted by Crippen LogP contribution is -2.37. The van der Waals surface area contributed by atoms with Gasteiger partial charge in [0, 0.05) is 19.6 Å². The van der Waals surface area contributed by atoms with Gasteiger partial charge < -0.3 is 10.6 Å². The van der Waals surface area contributed by atoms with Crippen molar-refractivity contribution in [1.82, 2.24) is 4.90 Å². The standard InChI is InChI=1S/C12H27N3/c1-6-15(7-2)11(13)14-10-8-9-12(3,4)5/h6-10H2,1-5H3,(H2,13,14). The van der Waals surface area contributed by atoms with E-state index in [1.54, 1.807) is 0 Å². The number of guanidine groups is 1. The number of nitrogens with zero attached hydrogens (tertiary/aromatic N) is 2. The van der Waals surface area contributed by atoms with Crippen molar-refractivity contribution in [3.8, 4) is 0 Å². The van der Waals surface area contributed by atoms with Crippen molar-refractivity contribution in [3.63, 3.8) is 0 Å². The molecule has 0 heterocycles. The minimum absolute atomic E-state index is 0.402. The van der Waals surface area contributed by atoms with Crippen LogP contribution < -0.4 is 5.73 Å². The Bertz CT molecular complexity index is 188. The Kier molecular flexibility index (Phi) is 6.37. The van der Waals surface area contributed by atoms with Gasteiger partial charge in [-0.05, 0) is 32.1 Å². The summed E-state index contributed by atoms with van der Waals surface area (Å²) in [6, 6.07) is 0. The zero-order valence-corrected chi connectivity index (χ0v) is 11.0. The van der Waals surface area contributed by atoms with Gasteiger partial charge in [0.05, 0.1) is 0 Å². The van der Waals surface area contributed by atoms with E-state index in [0.717, 1.165) is 26.1 Å². The van der Waals surface area contributed by atoms with Crippen molar-refractivity contribution >= 4 is 5.96 Å². The Balaban J connectivity index is 3.85. The molecule has 3 nitrogen and oxygen atoms in total. The van der Waals surface area contributed by atoms with Gasteiger partial charge in [-0.3, -0.25) is 4.99 Å². The van der Waals surface area contributed by atoms with E-state index in [2.05, 4.69) is 44.5 Å². The van der Waals surface area contributed by atoms with Crippen LogP contribution in [-0.2, 0) is 0 Å². The molecular formula is C12H27N3. The Hall–Kier alpha value is -0.730. The smallest absolute Gasteiger partial charge is 0.191 e. The molecule has 0 saturated carbocycles. The van der Waals surface area contributed by atoms with Crippen LogP contribution >= 0.6 is 0 Å². The van der Waals surface area contributed by atoms with Crippen molar-refractivity contribution in [3.05, 3.63) is 0 Å². The first-order chi connectivity index (χ1) is 6.90. The van der Waals surface area contributed by atoms with Gasteiger partial charge in [0.25, 0.3) is 0 Å². The molecular weight excluding hydrogens is 186 g/mol. The molecule has 0 aromatic heterocycles. The van der Waals surface area contributed by atoms with Crippen LogP contribution in [0.5, 0.6) is 0 Å².